The fourth-order valence-electron chi connectivity index (χ4n) is 3.16. The first-order valence-electron chi connectivity index (χ1n) is 9.12. The van der Waals surface area contributed by atoms with Crippen molar-refractivity contribution >= 4 is 34.9 Å². The largest absolute Gasteiger partial charge is 0.478 e. The van der Waals surface area contributed by atoms with E-state index in [-0.39, 0.29) is 17.5 Å². The first kappa shape index (κ1) is 19.4. The summed E-state index contributed by atoms with van der Waals surface area (Å²) in [4.78, 5) is 33.4. The quantitative estimate of drug-likeness (QED) is 0.641. The number of benzene rings is 1. The Morgan fingerprint density at radius 1 is 1.25 bits per heavy atom. The highest BCUT2D eigenvalue weighted by molar-refractivity contribution is 5.88. The van der Waals surface area contributed by atoms with Crippen LogP contribution in [0, 0.1) is 5.92 Å². The van der Waals surface area contributed by atoms with E-state index < -0.39 is 5.97 Å². The Hall–Kier alpha value is -3.36. The number of anilines is 4. The lowest BCUT2D eigenvalue weighted by Gasteiger charge is -2.32. The molecule has 28 heavy (non-hydrogen) atoms. The summed E-state index contributed by atoms with van der Waals surface area (Å²) in [5.41, 5.74) is 7.54. The van der Waals surface area contributed by atoms with Gasteiger partial charge in [0.15, 0.2) is 11.6 Å². The number of carbonyl (C=O) groups is 2. The van der Waals surface area contributed by atoms with Crippen LogP contribution in [0.2, 0.25) is 0 Å². The molecule has 0 bridgehead atoms. The number of nitrogens with one attached hydrogen (secondary N) is 1. The number of aromatic nitrogens is 2. The van der Waals surface area contributed by atoms with Crippen LogP contribution in [0.5, 0.6) is 0 Å². The Morgan fingerprint density at radius 2 is 1.93 bits per heavy atom. The number of nitrogen functional groups attached to an aromatic ring is 1. The van der Waals surface area contributed by atoms with E-state index in [0.29, 0.717) is 55.5 Å². The number of rotatable bonds is 6. The van der Waals surface area contributed by atoms with Gasteiger partial charge in [-0.1, -0.05) is 0 Å². The molecule has 0 radical (unpaired) electrons. The molecule has 1 aromatic heterocycles. The zero-order valence-electron chi connectivity index (χ0n) is 15.6. The molecular formula is C19H23N5O4. The van der Waals surface area contributed by atoms with Crippen LogP contribution in [0.4, 0.5) is 23.0 Å². The molecule has 9 nitrogen and oxygen atoms in total. The SMILES string of the molecule is CCOC(=O)C1CCN(c2ncnc(Nc3ccc(C(=O)O)cc3)c2N)CC1. The first-order valence-corrected chi connectivity index (χ1v) is 9.12. The summed E-state index contributed by atoms with van der Waals surface area (Å²) in [6.07, 6.45) is 2.79. The topological polar surface area (TPSA) is 131 Å². The van der Waals surface area contributed by atoms with Crippen molar-refractivity contribution in [1.82, 2.24) is 9.97 Å². The van der Waals surface area contributed by atoms with Crippen molar-refractivity contribution < 1.29 is 19.4 Å². The molecular weight excluding hydrogens is 362 g/mol. The molecule has 0 amide bonds. The van der Waals surface area contributed by atoms with Gasteiger partial charge in [-0.15, -0.1) is 0 Å². The van der Waals surface area contributed by atoms with Gasteiger partial charge in [0.2, 0.25) is 0 Å². The lowest BCUT2D eigenvalue weighted by molar-refractivity contribution is -0.148. The molecule has 0 unspecified atom stereocenters. The number of esters is 1. The van der Waals surface area contributed by atoms with Gasteiger partial charge in [-0.2, -0.15) is 0 Å². The molecule has 2 heterocycles. The van der Waals surface area contributed by atoms with Gasteiger partial charge < -0.3 is 25.8 Å². The monoisotopic (exact) mass is 385 g/mol. The number of carbonyl (C=O) groups excluding carboxylic acids is 1. The highest BCUT2D eigenvalue weighted by atomic mass is 16.5. The van der Waals surface area contributed by atoms with E-state index >= 15 is 0 Å². The number of ether oxygens (including phenoxy) is 1. The molecule has 1 aliphatic heterocycles. The van der Waals surface area contributed by atoms with Crippen molar-refractivity contribution in [2.75, 3.05) is 35.6 Å². The molecule has 3 rings (SSSR count). The minimum atomic E-state index is -0.985. The second kappa shape index (κ2) is 8.55. The standard InChI is InChI=1S/C19H23N5O4/c1-2-28-19(27)13-7-9-24(10-8-13)17-15(20)16(21-11-22-17)23-14-5-3-12(4-6-14)18(25)26/h3-6,11,13H,2,7-10,20H2,1H3,(H,25,26)(H,21,22,23). The third kappa shape index (κ3) is 4.30. The minimum Gasteiger partial charge on any atom is -0.478 e. The van der Waals surface area contributed by atoms with Crippen molar-refractivity contribution in [3.8, 4) is 0 Å². The molecule has 9 heteroatoms. The average molecular weight is 385 g/mol. The molecule has 1 fully saturated rings. The maximum Gasteiger partial charge on any atom is 0.335 e. The van der Waals surface area contributed by atoms with Crippen LogP contribution in [-0.2, 0) is 9.53 Å². The van der Waals surface area contributed by atoms with Crippen molar-refractivity contribution in [1.29, 1.82) is 0 Å². The maximum atomic E-state index is 11.9. The second-order valence-corrected chi connectivity index (χ2v) is 6.48. The lowest BCUT2D eigenvalue weighted by atomic mass is 9.97. The number of hydrogen-bond donors (Lipinski definition) is 3. The van der Waals surface area contributed by atoms with Gasteiger partial charge in [0.25, 0.3) is 0 Å². The van der Waals surface area contributed by atoms with E-state index in [1.165, 1.54) is 18.5 Å². The van der Waals surface area contributed by atoms with Crippen molar-refractivity contribution in [2.24, 2.45) is 5.92 Å². The van der Waals surface area contributed by atoms with E-state index in [4.69, 9.17) is 15.6 Å². The highest BCUT2D eigenvalue weighted by Gasteiger charge is 2.27. The number of carboxylic acids is 1. The third-order valence-electron chi connectivity index (χ3n) is 4.67. The smallest absolute Gasteiger partial charge is 0.335 e. The van der Waals surface area contributed by atoms with Gasteiger partial charge in [0.05, 0.1) is 18.1 Å². The number of aromatic carboxylic acids is 1. The van der Waals surface area contributed by atoms with E-state index in [1.807, 2.05) is 4.90 Å². The van der Waals surface area contributed by atoms with E-state index in [0.717, 1.165) is 0 Å². The Labute approximate surface area is 162 Å². The summed E-state index contributed by atoms with van der Waals surface area (Å²) in [6, 6.07) is 6.30. The fraction of sp³-hybridized carbons (Fsp3) is 0.368. The number of carboxylic acid groups (broad SMARTS) is 1. The fourth-order valence-corrected chi connectivity index (χ4v) is 3.16. The van der Waals surface area contributed by atoms with Crippen LogP contribution >= 0.6 is 0 Å². The predicted molar refractivity (Wildman–Crippen MR) is 105 cm³/mol. The molecule has 0 spiro atoms. The van der Waals surface area contributed by atoms with Gasteiger partial charge in [-0.3, -0.25) is 4.79 Å². The normalized spacial score (nSPS) is 14.5. The zero-order chi connectivity index (χ0) is 20.1. The Morgan fingerprint density at radius 3 is 2.54 bits per heavy atom. The molecule has 0 atom stereocenters. The minimum absolute atomic E-state index is 0.0930. The summed E-state index contributed by atoms with van der Waals surface area (Å²) in [5, 5.41) is 12.1. The number of nitrogens with two attached hydrogens (primary N) is 1. The van der Waals surface area contributed by atoms with E-state index in [9.17, 15) is 9.59 Å². The van der Waals surface area contributed by atoms with Crippen LogP contribution in [0.25, 0.3) is 0 Å². The Kier molecular flexibility index (Phi) is 5.93. The van der Waals surface area contributed by atoms with Crippen LogP contribution in [0.3, 0.4) is 0 Å². The number of nitrogens with zero attached hydrogens (tertiary/aromatic N) is 3. The molecule has 1 aromatic carbocycles. The predicted octanol–water partition coefficient (Wildman–Crippen LogP) is 2.28. The Bertz CT molecular complexity index is 848. The molecule has 0 aliphatic carbocycles. The lowest BCUT2D eigenvalue weighted by Crippen LogP contribution is -2.37. The van der Waals surface area contributed by atoms with Crippen molar-refractivity contribution in [2.45, 2.75) is 19.8 Å². The molecule has 0 saturated carbocycles. The van der Waals surface area contributed by atoms with E-state index in [2.05, 4.69) is 15.3 Å². The van der Waals surface area contributed by atoms with Gasteiger partial charge in [0, 0.05) is 18.8 Å². The number of piperidine rings is 1. The first-order chi connectivity index (χ1) is 13.5. The zero-order valence-corrected chi connectivity index (χ0v) is 15.6. The van der Waals surface area contributed by atoms with E-state index in [1.54, 1.807) is 19.1 Å². The molecule has 1 aliphatic rings. The summed E-state index contributed by atoms with van der Waals surface area (Å²) in [7, 11) is 0. The maximum absolute atomic E-state index is 11.9. The van der Waals surface area contributed by atoms with Gasteiger partial charge >= 0.3 is 11.9 Å². The van der Waals surface area contributed by atoms with Gasteiger partial charge in [-0.05, 0) is 44.0 Å². The number of hydrogen-bond acceptors (Lipinski definition) is 8. The van der Waals surface area contributed by atoms with Gasteiger partial charge in [-0.25, -0.2) is 14.8 Å². The molecule has 4 N–H and O–H groups in total. The average Bonchev–Trinajstić information content (AvgIpc) is 2.70. The summed E-state index contributed by atoms with van der Waals surface area (Å²) in [6.45, 7) is 3.49. The summed E-state index contributed by atoms with van der Waals surface area (Å²) in [5.74, 6) is -0.168. The third-order valence-corrected chi connectivity index (χ3v) is 4.67. The summed E-state index contributed by atoms with van der Waals surface area (Å²) >= 11 is 0. The highest BCUT2D eigenvalue weighted by Crippen LogP contribution is 2.31. The molecule has 2 aromatic rings. The van der Waals surface area contributed by atoms with Crippen molar-refractivity contribution in [3.05, 3.63) is 36.2 Å². The summed E-state index contributed by atoms with van der Waals surface area (Å²) < 4.78 is 5.10. The van der Waals surface area contributed by atoms with Crippen LogP contribution < -0.4 is 16.0 Å². The van der Waals surface area contributed by atoms with Crippen LogP contribution in [0.1, 0.15) is 30.1 Å². The van der Waals surface area contributed by atoms with Gasteiger partial charge in [0.1, 0.15) is 12.0 Å². The molecule has 1 saturated heterocycles. The Balaban J connectivity index is 1.69. The molecule has 148 valence electrons. The van der Waals surface area contributed by atoms with Crippen LogP contribution in [0.15, 0.2) is 30.6 Å². The van der Waals surface area contributed by atoms with Crippen LogP contribution in [-0.4, -0.2) is 46.7 Å². The second-order valence-electron chi connectivity index (χ2n) is 6.48. The van der Waals surface area contributed by atoms with Crippen molar-refractivity contribution in [3.63, 3.8) is 0 Å².